The maximum Gasteiger partial charge on any atom is 0.164 e. The molecule has 5 nitrogen and oxygen atoms in total. The first-order valence-electron chi connectivity index (χ1n) is 18.3. The molecule has 0 aliphatic carbocycles. The molecular weight excluding hydrogens is 699 g/mol. The van der Waals surface area contributed by atoms with Crippen LogP contribution in [0.4, 0.5) is 0 Å². The summed E-state index contributed by atoms with van der Waals surface area (Å²) in [4.78, 5) is 14.9. The van der Waals surface area contributed by atoms with E-state index in [4.69, 9.17) is 82.1 Å². The summed E-state index contributed by atoms with van der Waals surface area (Å²) in [6, 6.07) is 39.9. The minimum Gasteiger partial charge on any atom is -0.456 e. The highest BCUT2D eigenvalue weighted by Gasteiger charge is 2.23. The van der Waals surface area contributed by atoms with E-state index in [0.717, 1.165) is 38.6 Å². The van der Waals surface area contributed by atoms with Gasteiger partial charge < -0.3 is 8.98 Å². The van der Waals surface area contributed by atoms with Crippen LogP contribution in [0.25, 0.3) is 94.7 Å². The zero-order valence-electron chi connectivity index (χ0n) is 30.9. The number of benzene rings is 7. The van der Waals surface area contributed by atoms with Gasteiger partial charge in [0.05, 0.1) is 0 Å². The largest absolute Gasteiger partial charge is 0.456 e. The van der Waals surface area contributed by atoms with Crippen molar-refractivity contribution in [3.8, 4) is 51.0 Å². The zero-order chi connectivity index (χ0) is 40.0. The van der Waals surface area contributed by atoms with Gasteiger partial charge in [0.25, 0.3) is 0 Å². The van der Waals surface area contributed by atoms with E-state index in [-0.39, 0.29) is 43.7 Å². The Morgan fingerprint density at radius 2 is 0.862 bits per heavy atom. The number of furan rings is 1. The Bertz CT molecular complexity index is 3250. The minimum atomic E-state index is 0.131. The van der Waals surface area contributed by atoms with Crippen molar-refractivity contribution in [1.82, 2.24) is 19.5 Å². The van der Waals surface area contributed by atoms with Crippen LogP contribution in [-0.2, 0) is 0 Å². The fourth-order valence-electron chi connectivity index (χ4n) is 7.83. The lowest BCUT2D eigenvalue weighted by molar-refractivity contribution is 0.669. The molecule has 0 aliphatic heterocycles. The summed E-state index contributed by atoms with van der Waals surface area (Å²) < 4.78 is 8.31. The first-order chi connectivity index (χ1) is 28.1. The molecule has 3 heterocycles. The van der Waals surface area contributed by atoms with Gasteiger partial charge in [0.15, 0.2) is 17.5 Å². The van der Waals surface area contributed by atoms with Crippen molar-refractivity contribution in [3.63, 3.8) is 0 Å². The molecule has 0 N–H and O–H groups in total. The lowest BCUT2D eigenvalue weighted by Crippen LogP contribution is -2.49. The average Bonchev–Trinajstić information content (AvgIpc) is 3.83. The van der Waals surface area contributed by atoms with Crippen LogP contribution in [0.3, 0.4) is 0 Å². The van der Waals surface area contributed by atoms with Gasteiger partial charge in [0.2, 0.25) is 0 Å². The molecule has 0 spiro atoms. The first-order valence-corrected chi connectivity index (χ1v) is 18.3. The Kier molecular flexibility index (Phi) is 8.49. The Balaban J connectivity index is 1.15. The van der Waals surface area contributed by atoms with Gasteiger partial charge in [0, 0.05) is 44.2 Å². The van der Waals surface area contributed by atoms with Crippen molar-refractivity contribution in [2.45, 2.75) is 0 Å². The van der Waals surface area contributed by atoms with Gasteiger partial charge >= 0.3 is 0 Å². The molecule has 250 valence electrons. The van der Waals surface area contributed by atoms with E-state index in [1.165, 1.54) is 0 Å². The second-order valence-electron chi connectivity index (χ2n) is 14.2. The molecule has 0 saturated carbocycles. The third-order valence-corrected chi connectivity index (χ3v) is 10.8. The van der Waals surface area contributed by atoms with E-state index in [0.29, 0.717) is 56.1 Å². The monoisotopic (exact) mass is 720 g/mol. The van der Waals surface area contributed by atoms with Crippen molar-refractivity contribution < 1.29 is 4.42 Å². The molecule has 7 aromatic carbocycles. The van der Waals surface area contributed by atoms with Gasteiger partial charge in [-0.25, -0.2) is 15.0 Å². The van der Waals surface area contributed by atoms with Crippen LogP contribution < -0.4 is 43.7 Å². The zero-order valence-corrected chi connectivity index (χ0v) is 30.9. The molecule has 0 aliphatic rings. The van der Waals surface area contributed by atoms with Crippen molar-refractivity contribution in [2.75, 3.05) is 0 Å². The van der Waals surface area contributed by atoms with Gasteiger partial charge in [-0.2, -0.15) is 0 Å². The summed E-state index contributed by atoms with van der Waals surface area (Å²) >= 11 is 0. The molecule has 10 aromatic rings. The number of hydrogen-bond acceptors (Lipinski definition) is 4. The molecule has 0 saturated heterocycles. The smallest absolute Gasteiger partial charge is 0.164 e. The standard InChI is InChI=1S/C45H20B8N4O/c46-33-31-32-34(47)36(49)38(51)40(53)42(32)57(41(31)39(52)37(50)35(33)48)26-15-17-29-28(20-26)27-16-14-25(19-30(27)58-29)45-55-43(22-10-5-2-6-11-22)54-44(56-45)24-13-7-12-23(18-24)21-8-3-1-4-9-21/h1-20H. The molecule has 13 heteroatoms. The number of nitrogens with zero attached hydrogens (tertiary/aromatic N) is 4. The summed E-state index contributed by atoms with van der Waals surface area (Å²) in [5.74, 6) is 1.60. The molecule has 10 rings (SSSR count). The van der Waals surface area contributed by atoms with Crippen molar-refractivity contribution in [2.24, 2.45) is 0 Å². The minimum absolute atomic E-state index is 0.131. The van der Waals surface area contributed by atoms with Crippen LogP contribution in [0.2, 0.25) is 0 Å². The lowest BCUT2D eigenvalue weighted by Gasteiger charge is -2.17. The third kappa shape index (κ3) is 5.54. The highest BCUT2D eigenvalue weighted by Crippen LogP contribution is 2.36. The molecule has 0 fully saturated rings. The van der Waals surface area contributed by atoms with E-state index >= 15 is 0 Å². The summed E-state index contributed by atoms with van der Waals surface area (Å²) in [7, 11) is 52.0. The number of rotatable bonds is 5. The van der Waals surface area contributed by atoms with Gasteiger partial charge in [-0.05, 0) is 58.3 Å². The van der Waals surface area contributed by atoms with E-state index in [1.54, 1.807) is 0 Å². The maximum absolute atomic E-state index is 6.69. The van der Waals surface area contributed by atoms with Crippen LogP contribution in [0.1, 0.15) is 0 Å². The van der Waals surface area contributed by atoms with E-state index in [2.05, 4.69) is 24.3 Å². The third-order valence-electron chi connectivity index (χ3n) is 10.8. The Labute approximate surface area is 345 Å². The maximum atomic E-state index is 6.69. The van der Waals surface area contributed by atoms with E-state index in [1.807, 2.05) is 102 Å². The van der Waals surface area contributed by atoms with Crippen LogP contribution in [0.5, 0.6) is 0 Å². The molecule has 0 amide bonds. The molecule has 0 bridgehead atoms. The molecule has 16 radical (unpaired) electrons. The first kappa shape index (κ1) is 36.0. The second kappa shape index (κ2) is 13.7. The number of hydrogen-bond donors (Lipinski definition) is 0. The molecule has 58 heavy (non-hydrogen) atoms. The number of aromatic nitrogens is 4. The second-order valence-corrected chi connectivity index (χ2v) is 14.2. The predicted octanol–water partition coefficient (Wildman–Crippen LogP) is 1.89. The van der Waals surface area contributed by atoms with Gasteiger partial charge in [-0.3, -0.25) is 0 Å². The Hall–Kier alpha value is -6.33. The number of fused-ring (bicyclic) bond motifs is 6. The highest BCUT2D eigenvalue weighted by atomic mass is 16.3. The molecule has 0 atom stereocenters. The van der Waals surface area contributed by atoms with E-state index < -0.39 is 0 Å². The predicted molar refractivity (Wildman–Crippen MR) is 246 cm³/mol. The van der Waals surface area contributed by atoms with Gasteiger partial charge in [-0.1, -0.05) is 107 Å². The van der Waals surface area contributed by atoms with Crippen molar-refractivity contribution in [1.29, 1.82) is 0 Å². The van der Waals surface area contributed by atoms with Crippen molar-refractivity contribution in [3.05, 3.63) is 121 Å². The molecule has 3 aromatic heterocycles. The topological polar surface area (TPSA) is 56.7 Å². The quantitative estimate of drug-likeness (QED) is 0.256. The molecule has 0 unspecified atom stereocenters. The summed E-state index contributed by atoms with van der Waals surface area (Å²) in [6.45, 7) is 0. The van der Waals surface area contributed by atoms with Crippen LogP contribution in [0, 0.1) is 0 Å². The summed E-state index contributed by atoms with van der Waals surface area (Å²) in [5, 5.41) is 2.60. The molecular formula is C45H20B8N4O. The van der Waals surface area contributed by atoms with Crippen LogP contribution in [-0.4, -0.2) is 82.3 Å². The average molecular weight is 719 g/mol. The van der Waals surface area contributed by atoms with Gasteiger partial charge in [0.1, 0.15) is 73.9 Å². The SMILES string of the molecule is [B]c1c([B])c([B])c2c(c1[B])c1c([B])c([B])c([B])c([B])c1n2-c1ccc2oc3cc(-c4nc(-c5ccccc5)nc(-c5cccc(-c6ccccc6)c5)n4)ccc3c2c1. The highest BCUT2D eigenvalue weighted by molar-refractivity contribution is 6.71. The van der Waals surface area contributed by atoms with Crippen LogP contribution >= 0.6 is 0 Å². The summed E-state index contributed by atoms with van der Waals surface area (Å²) in [6.07, 6.45) is 0. The fraction of sp³-hybridized carbons (Fsp3) is 0. The van der Waals surface area contributed by atoms with E-state index in [9.17, 15) is 0 Å². The van der Waals surface area contributed by atoms with Gasteiger partial charge in [-0.15, -0.1) is 21.9 Å². The normalized spacial score (nSPS) is 11.7. The fourth-order valence-corrected chi connectivity index (χ4v) is 7.83. The Morgan fingerprint density at radius 3 is 1.47 bits per heavy atom. The van der Waals surface area contributed by atoms with Crippen LogP contribution in [0.15, 0.2) is 126 Å². The Morgan fingerprint density at radius 1 is 0.362 bits per heavy atom. The summed E-state index contributed by atoms with van der Waals surface area (Å²) in [5.41, 5.74) is 8.83. The van der Waals surface area contributed by atoms with Crippen molar-refractivity contribution >= 4 is 150 Å². The lowest BCUT2D eigenvalue weighted by atomic mass is 9.63.